The number of fused-ring (bicyclic) bond motifs is 1. The molecule has 0 aliphatic carbocycles. The van der Waals surface area contributed by atoms with Crippen LogP contribution in [0.3, 0.4) is 0 Å². The Balaban J connectivity index is 1.71. The van der Waals surface area contributed by atoms with E-state index in [4.69, 9.17) is 4.74 Å². The van der Waals surface area contributed by atoms with Crippen molar-refractivity contribution in [2.24, 2.45) is 0 Å². The van der Waals surface area contributed by atoms with Gasteiger partial charge in [-0.05, 0) is 30.7 Å². The zero-order valence-electron chi connectivity index (χ0n) is 15.5. The Kier molecular flexibility index (Phi) is 5.40. The fourth-order valence-corrected chi connectivity index (χ4v) is 3.94. The molecule has 0 bridgehead atoms. The maximum atomic E-state index is 13.1. The minimum Gasteiger partial charge on any atom is -0.378 e. The number of thioether (sulfide) groups is 1. The number of benzene rings is 1. The number of para-hydroxylation sites is 1. The van der Waals surface area contributed by atoms with Gasteiger partial charge in [-0.25, -0.2) is 14.5 Å². The Bertz CT molecular complexity index is 1060. The normalized spacial score (nSPS) is 14.4. The van der Waals surface area contributed by atoms with Crippen LogP contribution in [-0.2, 0) is 9.53 Å². The van der Waals surface area contributed by atoms with Crippen molar-refractivity contribution in [1.29, 1.82) is 0 Å². The third-order valence-electron chi connectivity index (χ3n) is 4.56. The summed E-state index contributed by atoms with van der Waals surface area (Å²) in [5, 5.41) is 0.982. The summed E-state index contributed by atoms with van der Waals surface area (Å²) in [6, 6.07) is 10.9. The lowest BCUT2D eigenvalue weighted by atomic mass is 10.2. The molecule has 3 aromatic rings. The number of nitrogens with zero attached hydrogens (tertiary/aromatic N) is 4. The average Bonchev–Trinajstić information content (AvgIpc) is 2.74. The maximum absolute atomic E-state index is 13.1. The number of aryl methyl sites for hydroxylation is 1. The van der Waals surface area contributed by atoms with Gasteiger partial charge in [0, 0.05) is 19.3 Å². The quantitative estimate of drug-likeness (QED) is 0.496. The van der Waals surface area contributed by atoms with Gasteiger partial charge in [0.2, 0.25) is 5.91 Å². The van der Waals surface area contributed by atoms with E-state index < -0.39 is 0 Å². The van der Waals surface area contributed by atoms with Crippen molar-refractivity contribution in [2.75, 3.05) is 32.1 Å². The lowest BCUT2D eigenvalue weighted by molar-refractivity contribution is -0.132. The van der Waals surface area contributed by atoms with E-state index in [0.29, 0.717) is 48.2 Å². The second-order valence-electron chi connectivity index (χ2n) is 6.53. The molecule has 0 spiro atoms. The van der Waals surface area contributed by atoms with E-state index in [-0.39, 0.29) is 17.2 Å². The number of carbonyl (C=O) groups is 1. The first-order valence-electron chi connectivity index (χ1n) is 9.06. The van der Waals surface area contributed by atoms with Crippen LogP contribution in [0, 0.1) is 6.92 Å². The Labute approximate surface area is 166 Å². The van der Waals surface area contributed by atoms with Gasteiger partial charge < -0.3 is 9.64 Å². The van der Waals surface area contributed by atoms with Gasteiger partial charge in [0.1, 0.15) is 5.82 Å². The summed E-state index contributed by atoms with van der Waals surface area (Å²) >= 11 is 1.26. The second kappa shape index (κ2) is 8.12. The average molecular weight is 396 g/mol. The summed E-state index contributed by atoms with van der Waals surface area (Å²) in [5.41, 5.74) is 1.42. The van der Waals surface area contributed by atoms with Crippen LogP contribution < -0.4 is 5.56 Å². The Morgan fingerprint density at radius 3 is 2.71 bits per heavy atom. The summed E-state index contributed by atoms with van der Waals surface area (Å²) in [5.74, 6) is 0.714. The summed E-state index contributed by atoms with van der Waals surface area (Å²) < 4.78 is 6.78. The zero-order valence-corrected chi connectivity index (χ0v) is 16.3. The lowest BCUT2D eigenvalue weighted by Crippen LogP contribution is -2.41. The molecule has 0 radical (unpaired) electrons. The fourth-order valence-electron chi connectivity index (χ4n) is 3.03. The summed E-state index contributed by atoms with van der Waals surface area (Å²) in [6.45, 7) is 4.24. The smallest absolute Gasteiger partial charge is 0.267 e. The number of hydrogen-bond donors (Lipinski definition) is 0. The maximum Gasteiger partial charge on any atom is 0.267 e. The van der Waals surface area contributed by atoms with Crippen molar-refractivity contribution in [3.8, 4) is 5.82 Å². The fraction of sp³-hybridized carbons (Fsp3) is 0.300. The molecule has 1 amide bonds. The Morgan fingerprint density at radius 1 is 1.18 bits per heavy atom. The van der Waals surface area contributed by atoms with E-state index in [1.807, 2.05) is 25.1 Å². The van der Waals surface area contributed by atoms with Gasteiger partial charge in [0.15, 0.2) is 5.16 Å². The number of aromatic nitrogens is 3. The van der Waals surface area contributed by atoms with Gasteiger partial charge in [0.25, 0.3) is 5.56 Å². The summed E-state index contributed by atoms with van der Waals surface area (Å²) in [4.78, 5) is 36.5. The molecule has 1 aliphatic rings. The molecule has 4 rings (SSSR count). The van der Waals surface area contributed by atoms with E-state index in [1.54, 1.807) is 29.3 Å². The SMILES string of the molecule is Cc1ccc(-n2c(SCC(=O)N3CCOCC3)nc3ccccc3c2=O)nc1. The molecule has 3 heterocycles. The first kappa shape index (κ1) is 18.6. The van der Waals surface area contributed by atoms with Crippen molar-refractivity contribution < 1.29 is 9.53 Å². The highest BCUT2D eigenvalue weighted by molar-refractivity contribution is 7.99. The van der Waals surface area contributed by atoms with Crippen molar-refractivity contribution in [3.05, 3.63) is 58.5 Å². The molecule has 1 fully saturated rings. The molecule has 1 aliphatic heterocycles. The summed E-state index contributed by atoms with van der Waals surface area (Å²) in [7, 11) is 0. The molecule has 1 aromatic carbocycles. The van der Waals surface area contributed by atoms with Crippen LogP contribution in [0.1, 0.15) is 5.56 Å². The molecule has 8 heteroatoms. The Morgan fingerprint density at radius 2 is 1.96 bits per heavy atom. The molecule has 2 aromatic heterocycles. The van der Waals surface area contributed by atoms with E-state index in [1.165, 1.54) is 16.3 Å². The van der Waals surface area contributed by atoms with Crippen LogP contribution in [0.4, 0.5) is 0 Å². The van der Waals surface area contributed by atoms with Crippen molar-refractivity contribution in [2.45, 2.75) is 12.1 Å². The Hall–Kier alpha value is -2.71. The van der Waals surface area contributed by atoms with E-state index >= 15 is 0 Å². The first-order valence-corrected chi connectivity index (χ1v) is 10.1. The molecular weight excluding hydrogens is 376 g/mol. The van der Waals surface area contributed by atoms with Gasteiger partial charge >= 0.3 is 0 Å². The highest BCUT2D eigenvalue weighted by Crippen LogP contribution is 2.21. The van der Waals surface area contributed by atoms with Crippen molar-refractivity contribution in [1.82, 2.24) is 19.4 Å². The van der Waals surface area contributed by atoms with Crippen LogP contribution >= 0.6 is 11.8 Å². The highest BCUT2D eigenvalue weighted by atomic mass is 32.2. The van der Waals surface area contributed by atoms with Crippen molar-refractivity contribution in [3.63, 3.8) is 0 Å². The summed E-state index contributed by atoms with van der Waals surface area (Å²) in [6.07, 6.45) is 1.71. The van der Waals surface area contributed by atoms with E-state index in [2.05, 4.69) is 9.97 Å². The van der Waals surface area contributed by atoms with Gasteiger partial charge in [-0.1, -0.05) is 30.0 Å². The number of morpholine rings is 1. The van der Waals surface area contributed by atoms with Gasteiger partial charge in [-0.3, -0.25) is 9.59 Å². The van der Waals surface area contributed by atoms with Gasteiger partial charge in [-0.15, -0.1) is 0 Å². The number of amides is 1. The second-order valence-corrected chi connectivity index (χ2v) is 7.47. The molecule has 0 unspecified atom stereocenters. The van der Waals surface area contributed by atoms with E-state index in [0.717, 1.165) is 5.56 Å². The lowest BCUT2D eigenvalue weighted by Gasteiger charge is -2.26. The van der Waals surface area contributed by atoms with E-state index in [9.17, 15) is 9.59 Å². The molecular formula is C20H20N4O3S. The van der Waals surface area contributed by atoms with Gasteiger partial charge in [-0.2, -0.15) is 0 Å². The minimum atomic E-state index is -0.191. The topological polar surface area (TPSA) is 77.3 Å². The predicted octanol–water partition coefficient (Wildman–Crippen LogP) is 2.04. The molecule has 1 saturated heterocycles. The third kappa shape index (κ3) is 3.79. The largest absolute Gasteiger partial charge is 0.378 e. The number of pyridine rings is 1. The van der Waals surface area contributed by atoms with Crippen LogP contribution in [0.2, 0.25) is 0 Å². The third-order valence-corrected chi connectivity index (χ3v) is 5.48. The number of ether oxygens (including phenoxy) is 1. The highest BCUT2D eigenvalue weighted by Gasteiger charge is 2.19. The number of carbonyl (C=O) groups excluding carboxylic acids is 1. The molecule has 7 nitrogen and oxygen atoms in total. The molecule has 144 valence electrons. The molecule has 28 heavy (non-hydrogen) atoms. The van der Waals surface area contributed by atoms with Crippen LogP contribution in [0.15, 0.2) is 52.5 Å². The standard InChI is InChI=1S/C20H20N4O3S/c1-14-6-7-17(21-12-14)24-19(26)15-4-2-3-5-16(15)22-20(24)28-13-18(25)23-8-10-27-11-9-23/h2-7,12H,8-11,13H2,1H3. The zero-order chi connectivity index (χ0) is 19.5. The van der Waals surface area contributed by atoms with Crippen LogP contribution in [0.5, 0.6) is 0 Å². The molecule has 0 saturated carbocycles. The molecule has 0 N–H and O–H groups in total. The van der Waals surface area contributed by atoms with Crippen LogP contribution in [0.25, 0.3) is 16.7 Å². The molecule has 0 atom stereocenters. The minimum absolute atomic E-state index is 0.0131. The number of rotatable bonds is 4. The van der Waals surface area contributed by atoms with Gasteiger partial charge in [0.05, 0.1) is 29.9 Å². The van der Waals surface area contributed by atoms with Crippen LogP contribution in [-0.4, -0.2) is 57.4 Å². The number of hydrogen-bond acceptors (Lipinski definition) is 6. The predicted molar refractivity (Wildman–Crippen MR) is 108 cm³/mol. The van der Waals surface area contributed by atoms with Crippen molar-refractivity contribution >= 4 is 28.6 Å². The monoisotopic (exact) mass is 396 g/mol. The first-order chi connectivity index (χ1) is 13.6.